The Bertz CT molecular complexity index is 1490. The minimum atomic E-state index is -0.337. The molecule has 2 aromatic carbocycles. The van der Waals surface area contributed by atoms with Crippen LogP contribution in [0.1, 0.15) is 74.0 Å². The van der Waals surface area contributed by atoms with Crippen LogP contribution in [0.4, 0.5) is 0 Å². The molecule has 0 bridgehead atoms. The first kappa shape index (κ1) is 26.5. The maximum atomic E-state index is 13.7. The molecule has 1 aliphatic carbocycles. The number of piperidine rings is 1. The Kier molecular flexibility index (Phi) is 7.82. The summed E-state index contributed by atoms with van der Waals surface area (Å²) < 4.78 is 13.0. The minimum absolute atomic E-state index is 0.130. The van der Waals surface area contributed by atoms with Crippen LogP contribution in [0, 0.1) is 5.92 Å². The van der Waals surface area contributed by atoms with Crippen LogP contribution in [0.15, 0.2) is 53.3 Å². The molecule has 4 aromatic rings. The second-order valence-corrected chi connectivity index (χ2v) is 11.2. The van der Waals surface area contributed by atoms with Crippen molar-refractivity contribution in [2.75, 3.05) is 27.3 Å². The molecular weight excluding hydrogens is 504 g/mol. The molecule has 0 radical (unpaired) electrons. The quantitative estimate of drug-likeness (QED) is 0.332. The van der Waals surface area contributed by atoms with Crippen molar-refractivity contribution < 1.29 is 9.47 Å². The van der Waals surface area contributed by atoms with E-state index in [4.69, 9.17) is 9.47 Å². The summed E-state index contributed by atoms with van der Waals surface area (Å²) in [6.45, 7) is 1.76. The summed E-state index contributed by atoms with van der Waals surface area (Å²) in [4.78, 5) is 19.2. The number of fused-ring (bicyclic) bond motifs is 1. The van der Waals surface area contributed by atoms with Crippen LogP contribution in [-0.4, -0.2) is 57.4 Å². The summed E-state index contributed by atoms with van der Waals surface area (Å²) in [5.41, 5.74) is 2.62. The molecule has 6 rings (SSSR count). The van der Waals surface area contributed by atoms with E-state index in [2.05, 4.69) is 55.7 Å². The molecule has 1 aliphatic heterocycles. The molecule has 1 N–H and O–H groups in total. The number of methoxy groups -OCH3 is 2. The fourth-order valence-corrected chi connectivity index (χ4v) is 6.58. The molecule has 1 saturated heterocycles. The number of ether oxygens (including phenoxy) is 2. The second-order valence-electron chi connectivity index (χ2n) is 11.2. The van der Waals surface area contributed by atoms with E-state index in [9.17, 15) is 4.79 Å². The van der Waals surface area contributed by atoms with E-state index in [-0.39, 0.29) is 17.6 Å². The lowest BCUT2D eigenvalue weighted by atomic mass is 9.88. The number of aromatic nitrogens is 5. The third kappa shape index (κ3) is 5.35. The van der Waals surface area contributed by atoms with Gasteiger partial charge in [-0.1, -0.05) is 49.6 Å². The largest absolute Gasteiger partial charge is 0.493 e. The maximum Gasteiger partial charge on any atom is 0.253 e. The Balaban J connectivity index is 1.37. The van der Waals surface area contributed by atoms with Gasteiger partial charge in [0.25, 0.3) is 5.56 Å². The lowest BCUT2D eigenvalue weighted by Gasteiger charge is -2.37. The monoisotopic (exact) mass is 542 g/mol. The smallest absolute Gasteiger partial charge is 0.253 e. The van der Waals surface area contributed by atoms with E-state index in [1.165, 1.54) is 24.8 Å². The molecule has 2 aliphatic rings. The highest BCUT2D eigenvalue weighted by molar-refractivity contribution is 5.83. The highest BCUT2D eigenvalue weighted by Crippen LogP contribution is 2.37. The Morgan fingerprint density at radius 1 is 0.950 bits per heavy atom. The average molecular weight is 543 g/mol. The Labute approximate surface area is 234 Å². The summed E-state index contributed by atoms with van der Waals surface area (Å²) >= 11 is 0. The molecule has 1 unspecified atom stereocenters. The lowest BCUT2D eigenvalue weighted by Crippen LogP contribution is -2.41. The zero-order valence-corrected chi connectivity index (χ0v) is 23.4. The van der Waals surface area contributed by atoms with Crippen molar-refractivity contribution in [1.29, 1.82) is 0 Å². The number of rotatable bonds is 8. The van der Waals surface area contributed by atoms with Crippen molar-refractivity contribution in [1.82, 2.24) is 30.1 Å². The van der Waals surface area contributed by atoms with Crippen LogP contribution in [0.3, 0.4) is 0 Å². The summed E-state index contributed by atoms with van der Waals surface area (Å²) in [6, 6.07) is 16.4. The van der Waals surface area contributed by atoms with Gasteiger partial charge in [-0.15, -0.1) is 5.10 Å². The Hall–Kier alpha value is -3.72. The van der Waals surface area contributed by atoms with Crippen molar-refractivity contribution in [3.8, 4) is 11.5 Å². The molecule has 9 heteroatoms. The number of hydrogen-bond acceptors (Lipinski definition) is 7. The van der Waals surface area contributed by atoms with Gasteiger partial charge in [0.2, 0.25) is 0 Å². The van der Waals surface area contributed by atoms with Gasteiger partial charge in [0, 0.05) is 17.0 Å². The topological polar surface area (TPSA) is 98.2 Å². The number of aromatic amines is 1. The van der Waals surface area contributed by atoms with Crippen LogP contribution in [0.2, 0.25) is 0 Å². The molecular formula is C31H38N6O3. The molecule has 1 atom stereocenters. The molecule has 40 heavy (non-hydrogen) atoms. The van der Waals surface area contributed by atoms with Crippen molar-refractivity contribution in [2.45, 2.75) is 63.5 Å². The molecule has 0 spiro atoms. The van der Waals surface area contributed by atoms with Gasteiger partial charge < -0.3 is 14.5 Å². The number of nitrogens with zero attached hydrogens (tertiary/aromatic N) is 5. The van der Waals surface area contributed by atoms with E-state index in [1.807, 2.05) is 22.9 Å². The van der Waals surface area contributed by atoms with Crippen molar-refractivity contribution in [3.63, 3.8) is 0 Å². The van der Waals surface area contributed by atoms with Crippen LogP contribution >= 0.6 is 0 Å². The zero-order chi connectivity index (χ0) is 27.5. The van der Waals surface area contributed by atoms with Crippen LogP contribution < -0.4 is 15.0 Å². The van der Waals surface area contributed by atoms with Gasteiger partial charge in [-0.05, 0) is 79.2 Å². The third-order valence-electron chi connectivity index (χ3n) is 8.74. The summed E-state index contributed by atoms with van der Waals surface area (Å²) in [6.07, 6.45) is 8.94. The van der Waals surface area contributed by atoms with Gasteiger partial charge in [-0.2, -0.15) is 0 Å². The Morgan fingerprint density at radius 2 is 1.68 bits per heavy atom. The number of tetrazole rings is 1. The SMILES string of the molecule is COc1cc2cc(C(c3nnnn3C3CCCCC3)N3CCC(Cc4ccccc4)CC3)c(=O)[nH]c2cc1OC. The van der Waals surface area contributed by atoms with Gasteiger partial charge in [0.1, 0.15) is 6.04 Å². The normalized spacial score (nSPS) is 18.1. The van der Waals surface area contributed by atoms with Crippen LogP contribution in [0.25, 0.3) is 10.9 Å². The van der Waals surface area contributed by atoms with E-state index in [0.717, 1.165) is 56.4 Å². The lowest BCUT2D eigenvalue weighted by molar-refractivity contribution is 0.140. The predicted octanol–water partition coefficient (Wildman–Crippen LogP) is 5.08. The van der Waals surface area contributed by atoms with Crippen LogP contribution in [0.5, 0.6) is 11.5 Å². The van der Waals surface area contributed by atoms with E-state index in [0.29, 0.717) is 28.5 Å². The van der Waals surface area contributed by atoms with Gasteiger partial charge in [-0.25, -0.2) is 4.68 Å². The van der Waals surface area contributed by atoms with Gasteiger partial charge >= 0.3 is 0 Å². The molecule has 3 heterocycles. The number of hydrogen-bond donors (Lipinski definition) is 1. The van der Waals surface area contributed by atoms with Crippen molar-refractivity contribution in [3.05, 3.63) is 75.8 Å². The fraction of sp³-hybridized carbons (Fsp3) is 0.484. The third-order valence-corrected chi connectivity index (χ3v) is 8.74. The highest BCUT2D eigenvalue weighted by Gasteiger charge is 2.35. The first-order chi connectivity index (χ1) is 19.6. The van der Waals surface area contributed by atoms with Gasteiger partial charge in [0.15, 0.2) is 17.3 Å². The summed E-state index contributed by atoms with van der Waals surface area (Å²) in [7, 11) is 3.22. The molecule has 2 aromatic heterocycles. The fourth-order valence-electron chi connectivity index (χ4n) is 6.58. The number of nitrogens with one attached hydrogen (secondary N) is 1. The van der Waals surface area contributed by atoms with Crippen LogP contribution in [-0.2, 0) is 6.42 Å². The number of H-pyrrole nitrogens is 1. The second kappa shape index (κ2) is 11.8. The standard InChI is InChI=1S/C31H38N6O3/c1-39-27-19-23-18-25(31(38)32-26(23)20-28(27)40-2)29(30-33-34-35-37(30)24-11-7-4-8-12-24)36-15-13-22(14-16-36)17-21-9-5-3-6-10-21/h3,5-6,9-10,18-20,22,24,29H,4,7-8,11-17H2,1-2H3,(H,32,38). The summed E-state index contributed by atoms with van der Waals surface area (Å²) in [5.74, 6) is 2.58. The van der Waals surface area contributed by atoms with E-state index in [1.54, 1.807) is 14.2 Å². The minimum Gasteiger partial charge on any atom is -0.493 e. The maximum absolute atomic E-state index is 13.7. The molecule has 210 valence electrons. The Morgan fingerprint density at radius 3 is 2.40 bits per heavy atom. The number of benzene rings is 2. The molecule has 9 nitrogen and oxygen atoms in total. The highest BCUT2D eigenvalue weighted by atomic mass is 16.5. The van der Waals surface area contributed by atoms with Crippen molar-refractivity contribution >= 4 is 10.9 Å². The van der Waals surface area contributed by atoms with E-state index >= 15 is 0 Å². The molecule has 1 saturated carbocycles. The number of likely N-dealkylation sites (tertiary alicyclic amines) is 1. The first-order valence-corrected chi connectivity index (χ1v) is 14.5. The first-order valence-electron chi connectivity index (χ1n) is 14.5. The van der Waals surface area contributed by atoms with Crippen molar-refractivity contribution in [2.24, 2.45) is 5.92 Å². The molecule has 2 fully saturated rings. The van der Waals surface area contributed by atoms with Gasteiger partial charge in [-0.3, -0.25) is 9.69 Å². The summed E-state index contributed by atoms with van der Waals surface area (Å²) in [5, 5.41) is 14.1. The van der Waals surface area contributed by atoms with E-state index < -0.39 is 0 Å². The number of pyridine rings is 1. The molecule has 0 amide bonds. The predicted molar refractivity (Wildman–Crippen MR) is 154 cm³/mol. The average Bonchev–Trinajstić information content (AvgIpc) is 3.48. The zero-order valence-electron chi connectivity index (χ0n) is 23.4. The van der Waals surface area contributed by atoms with Gasteiger partial charge in [0.05, 0.1) is 25.8 Å².